The third kappa shape index (κ3) is 2.33. The quantitative estimate of drug-likeness (QED) is 0.546. The number of fused-ring (bicyclic) bond motifs is 1. The Bertz CT molecular complexity index is 662. The topological polar surface area (TPSA) is 68.2 Å². The van der Waals surface area contributed by atoms with E-state index in [0.717, 1.165) is 17.5 Å². The number of aromatic nitrogens is 3. The Morgan fingerprint density at radius 1 is 1.21 bits per heavy atom. The molecule has 3 rings (SSSR count). The number of rotatable bonds is 4. The zero-order valence-electron chi connectivity index (χ0n) is 10.4. The third-order valence-electron chi connectivity index (χ3n) is 3.21. The average Bonchev–Trinajstić information content (AvgIpc) is 2.90. The highest BCUT2D eigenvalue weighted by Crippen LogP contribution is 2.21. The summed E-state index contributed by atoms with van der Waals surface area (Å²) in [7, 11) is 0. The summed E-state index contributed by atoms with van der Waals surface area (Å²) in [4.78, 5) is 4.14. The standard InChI is InChI=1S/C14H15N5/c15-18-13(8-11-4-2-1-3-5-11)12-9-17-19-7-6-16-10-14(12)19/h1-7,9-10,13,18H,8,15H2. The molecule has 1 unspecified atom stereocenters. The largest absolute Gasteiger partial charge is 0.271 e. The molecule has 5 heteroatoms. The van der Waals surface area contributed by atoms with E-state index in [9.17, 15) is 0 Å². The lowest BCUT2D eigenvalue weighted by atomic mass is 10.0. The highest BCUT2D eigenvalue weighted by Gasteiger charge is 2.15. The molecule has 19 heavy (non-hydrogen) atoms. The lowest BCUT2D eigenvalue weighted by molar-refractivity contribution is 0.555. The first-order valence-electron chi connectivity index (χ1n) is 6.16. The predicted molar refractivity (Wildman–Crippen MR) is 73.2 cm³/mol. The minimum Gasteiger partial charge on any atom is -0.271 e. The van der Waals surface area contributed by atoms with E-state index in [1.807, 2.05) is 30.6 Å². The summed E-state index contributed by atoms with van der Waals surface area (Å²) in [6.07, 6.45) is 8.00. The van der Waals surface area contributed by atoms with Gasteiger partial charge in [-0.15, -0.1) is 0 Å². The molecule has 1 aromatic carbocycles. The SMILES string of the molecule is NNC(Cc1ccccc1)c1cnn2ccncc12. The Hall–Kier alpha value is -2.24. The molecular formula is C14H15N5. The Morgan fingerprint density at radius 3 is 2.84 bits per heavy atom. The van der Waals surface area contributed by atoms with Crippen LogP contribution in [0.15, 0.2) is 55.1 Å². The molecule has 0 saturated carbocycles. The van der Waals surface area contributed by atoms with Crippen molar-refractivity contribution in [1.82, 2.24) is 20.0 Å². The fraction of sp³-hybridized carbons (Fsp3) is 0.143. The molecule has 0 fully saturated rings. The monoisotopic (exact) mass is 253 g/mol. The Balaban J connectivity index is 1.94. The van der Waals surface area contributed by atoms with Crippen LogP contribution >= 0.6 is 0 Å². The summed E-state index contributed by atoms with van der Waals surface area (Å²) in [5.41, 5.74) is 6.12. The molecule has 3 aromatic rings. The minimum atomic E-state index is 0.0177. The lowest BCUT2D eigenvalue weighted by Crippen LogP contribution is -2.29. The van der Waals surface area contributed by atoms with E-state index < -0.39 is 0 Å². The first-order valence-corrected chi connectivity index (χ1v) is 6.16. The number of nitrogens with one attached hydrogen (secondary N) is 1. The van der Waals surface area contributed by atoms with Gasteiger partial charge in [-0.25, -0.2) is 4.52 Å². The van der Waals surface area contributed by atoms with Gasteiger partial charge in [0.05, 0.1) is 24.0 Å². The van der Waals surface area contributed by atoms with E-state index in [-0.39, 0.29) is 6.04 Å². The summed E-state index contributed by atoms with van der Waals surface area (Å²) >= 11 is 0. The molecule has 0 bridgehead atoms. The van der Waals surface area contributed by atoms with Gasteiger partial charge in [0, 0.05) is 18.0 Å². The first-order chi connectivity index (χ1) is 9.38. The molecule has 0 radical (unpaired) electrons. The fourth-order valence-electron chi connectivity index (χ4n) is 2.23. The van der Waals surface area contributed by atoms with Crippen molar-refractivity contribution in [1.29, 1.82) is 0 Å². The van der Waals surface area contributed by atoms with Gasteiger partial charge in [-0.3, -0.25) is 16.3 Å². The van der Waals surface area contributed by atoms with Crippen LogP contribution in [0.5, 0.6) is 0 Å². The highest BCUT2D eigenvalue weighted by atomic mass is 15.3. The lowest BCUT2D eigenvalue weighted by Gasteiger charge is -2.14. The first kappa shape index (κ1) is 11.8. The average molecular weight is 253 g/mol. The van der Waals surface area contributed by atoms with Gasteiger partial charge in [-0.2, -0.15) is 5.10 Å². The number of nitrogens with zero attached hydrogens (tertiary/aromatic N) is 3. The summed E-state index contributed by atoms with van der Waals surface area (Å²) < 4.78 is 1.80. The van der Waals surface area contributed by atoms with Crippen molar-refractivity contribution in [3.63, 3.8) is 0 Å². The maximum Gasteiger partial charge on any atom is 0.0893 e. The molecule has 0 aliphatic rings. The molecule has 2 aromatic heterocycles. The highest BCUT2D eigenvalue weighted by molar-refractivity contribution is 5.53. The second kappa shape index (κ2) is 5.17. The maximum atomic E-state index is 5.70. The second-order valence-corrected chi connectivity index (χ2v) is 4.42. The molecule has 0 saturated heterocycles. The van der Waals surface area contributed by atoms with E-state index in [2.05, 4.69) is 27.6 Å². The van der Waals surface area contributed by atoms with Gasteiger partial charge in [-0.05, 0) is 12.0 Å². The van der Waals surface area contributed by atoms with Crippen LogP contribution in [-0.2, 0) is 6.42 Å². The fourth-order valence-corrected chi connectivity index (χ4v) is 2.23. The van der Waals surface area contributed by atoms with Crippen LogP contribution < -0.4 is 11.3 Å². The predicted octanol–water partition coefficient (Wildman–Crippen LogP) is 1.48. The molecule has 0 amide bonds. The van der Waals surface area contributed by atoms with Gasteiger partial charge >= 0.3 is 0 Å². The van der Waals surface area contributed by atoms with Crippen LogP contribution in [0.2, 0.25) is 0 Å². The summed E-state index contributed by atoms with van der Waals surface area (Å²) in [6, 6.07) is 10.3. The number of hydrogen-bond donors (Lipinski definition) is 2. The van der Waals surface area contributed by atoms with E-state index in [0.29, 0.717) is 0 Å². The maximum absolute atomic E-state index is 5.70. The summed E-state index contributed by atoms with van der Waals surface area (Å²) in [5, 5.41) is 4.31. The van der Waals surface area contributed by atoms with Crippen LogP contribution in [0.25, 0.3) is 5.52 Å². The Labute approximate surface area is 111 Å². The Kier molecular flexibility index (Phi) is 3.22. The molecule has 0 spiro atoms. The van der Waals surface area contributed by atoms with E-state index in [1.54, 1.807) is 16.9 Å². The number of benzene rings is 1. The van der Waals surface area contributed by atoms with Crippen LogP contribution in [0, 0.1) is 0 Å². The molecule has 96 valence electrons. The molecule has 1 atom stereocenters. The number of nitrogens with two attached hydrogens (primary N) is 1. The van der Waals surface area contributed by atoms with Gasteiger partial charge in [0.2, 0.25) is 0 Å². The van der Waals surface area contributed by atoms with Crippen molar-refractivity contribution in [3.8, 4) is 0 Å². The summed E-state index contributed by atoms with van der Waals surface area (Å²) in [6.45, 7) is 0. The van der Waals surface area contributed by atoms with Gasteiger partial charge < -0.3 is 0 Å². The number of hydrogen-bond acceptors (Lipinski definition) is 4. The van der Waals surface area contributed by atoms with Crippen molar-refractivity contribution in [2.75, 3.05) is 0 Å². The van der Waals surface area contributed by atoms with Crippen molar-refractivity contribution < 1.29 is 0 Å². The smallest absolute Gasteiger partial charge is 0.0893 e. The van der Waals surface area contributed by atoms with Crippen molar-refractivity contribution in [3.05, 3.63) is 66.2 Å². The summed E-state index contributed by atoms with van der Waals surface area (Å²) in [5.74, 6) is 5.70. The van der Waals surface area contributed by atoms with Crippen molar-refractivity contribution in [2.24, 2.45) is 5.84 Å². The zero-order chi connectivity index (χ0) is 13.1. The number of hydrazine groups is 1. The van der Waals surface area contributed by atoms with Gasteiger partial charge in [0.15, 0.2) is 0 Å². The van der Waals surface area contributed by atoms with Crippen molar-refractivity contribution >= 4 is 5.52 Å². The van der Waals surface area contributed by atoms with Gasteiger partial charge in [0.25, 0.3) is 0 Å². The van der Waals surface area contributed by atoms with Gasteiger partial charge in [-0.1, -0.05) is 30.3 Å². The van der Waals surface area contributed by atoms with E-state index in [4.69, 9.17) is 5.84 Å². The van der Waals surface area contributed by atoms with Crippen LogP contribution in [0.4, 0.5) is 0 Å². The van der Waals surface area contributed by atoms with E-state index >= 15 is 0 Å². The molecular weight excluding hydrogens is 238 g/mol. The third-order valence-corrected chi connectivity index (χ3v) is 3.21. The van der Waals surface area contributed by atoms with Gasteiger partial charge in [0.1, 0.15) is 0 Å². The zero-order valence-corrected chi connectivity index (χ0v) is 10.4. The molecule has 0 aliphatic heterocycles. The van der Waals surface area contributed by atoms with Crippen LogP contribution in [0.3, 0.4) is 0 Å². The molecule has 0 aliphatic carbocycles. The minimum absolute atomic E-state index is 0.0177. The van der Waals surface area contributed by atoms with Crippen molar-refractivity contribution in [2.45, 2.75) is 12.5 Å². The Morgan fingerprint density at radius 2 is 2.05 bits per heavy atom. The second-order valence-electron chi connectivity index (χ2n) is 4.42. The molecule has 3 N–H and O–H groups in total. The van der Waals surface area contributed by atoms with Crippen LogP contribution in [-0.4, -0.2) is 14.6 Å². The molecule has 5 nitrogen and oxygen atoms in total. The van der Waals surface area contributed by atoms with Crippen LogP contribution in [0.1, 0.15) is 17.2 Å². The van der Waals surface area contributed by atoms with E-state index in [1.165, 1.54) is 5.56 Å². The normalized spacial score (nSPS) is 12.7. The molecule has 2 heterocycles.